The number of nitrogens with zero attached hydrogens (tertiary/aromatic N) is 1. The number of aryl methyl sites for hydroxylation is 2. The predicted octanol–water partition coefficient (Wildman–Crippen LogP) is 3.00. The van der Waals surface area contributed by atoms with Crippen LogP contribution in [0.2, 0.25) is 5.02 Å². The number of anilines is 1. The molecule has 1 heterocycles. The standard InChI is InChI=1S/C20H23ClN2O5S/c1-14-4-3-5-15(2)20(14)22-19(24)13-28-17-7-6-16(21)12-18(17)29(25,26)23-8-10-27-11-9-23/h3-7,12H,8-11,13H2,1-2H3,(H,22,24). The highest BCUT2D eigenvalue weighted by Gasteiger charge is 2.29. The van der Waals surface area contributed by atoms with Gasteiger partial charge in [0.25, 0.3) is 5.91 Å². The molecule has 0 atom stereocenters. The number of carbonyl (C=O) groups is 1. The van der Waals surface area contributed by atoms with E-state index in [-0.39, 0.29) is 41.3 Å². The zero-order valence-corrected chi connectivity index (χ0v) is 17.8. The summed E-state index contributed by atoms with van der Waals surface area (Å²) in [6, 6.07) is 10.0. The topological polar surface area (TPSA) is 84.9 Å². The van der Waals surface area contributed by atoms with Crippen LogP contribution in [0.1, 0.15) is 11.1 Å². The molecule has 0 unspecified atom stereocenters. The molecule has 2 aromatic rings. The Kier molecular flexibility index (Phi) is 6.79. The third kappa shape index (κ3) is 5.08. The second kappa shape index (κ2) is 9.13. The molecule has 2 aromatic carbocycles. The van der Waals surface area contributed by atoms with Crippen LogP contribution >= 0.6 is 11.6 Å². The highest BCUT2D eigenvalue weighted by Crippen LogP contribution is 2.30. The summed E-state index contributed by atoms with van der Waals surface area (Å²) < 4.78 is 38.2. The maximum Gasteiger partial charge on any atom is 0.262 e. The van der Waals surface area contributed by atoms with E-state index in [4.69, 9.17) is 21.1 Å². The van der Waals surface area contributed by atoms with E-state index in [1.807, 2.05) is 32.0 Å². The number of nitrogens with one attached hydrogen (secondary N) is 1. The molecular weight excluding hydrogens is 416 g/mol. The molecule has 3 rings (SSSR count). The summed E-state index contributed by atoms with van der Waals surface area (Å²) in [7, 11) is -3.82. The van der Waals surface area contributed by atoms with E-state index in [0.29, 0.717) is 13.2 Å². The summed E-state index contributed by atoms with van der Waals surface area (Å²) in [4.78, 5) is 12.3. The maximum atomic E-state index is 13.0. The minimum absolute atomic E-state index is 0.0632. The molecule has 0 saturated carbocycles. The van der Waals surface area contributed by atoms with Crippen LogP contribution < -0.4 is 10.1 Å². The second-order valence-corrected chi connectivity index (χ2v) is 9.05. The molecule has 29 heavy (non-hydrogen) atoms. The van der Waals surface area contributed by atoms with Crippen LogP contribution in [0.15, 0.2) is 41.3 Å². The molecule has 1 saturated heterocycles. The average Bonchev–Trinajstić information content (AvgIpc) is 2.70. The van der Waals surface area contributed by atoms with Crippen molar-refractivity contribution in [3.05, 3.63) is 52.5 Å². The Labute approximate surface area is 175 Å². The fourth-order valence-electron chi connectivity index (χ4n) is 3.06. The summed E-state index contributed by atoms with van der Waals surface area (Å²) >= 11 is 6.02. The number of amides is 1. The van der Waals surface area contributed by atoms with E-state index < -0.39 is 10.0 Å². The van der Waals surface area contributed by atoms with Gasteiger partial charge in [0.1, 0.15) is 10.6 Å². The number of carbonyl (C=O) groups excluding carboxylic acids is 1. The van der Waals surface area contributed by atoms with Gasteiger partial charge in [0.15, 0.2) is 6.61 Å². The fraction of sp³-hybridized carbons (Fsp3) is 0.350. The van der Waals surface area contributed by atoms with E-state index in [2.05, 4.69) is 5.32 Å². The first-order valence-electron chi connectivity index (χ1n) is 9.15. The number of morpholine rings is 1. The zero-order valence-electron chi connectivity index (χ0n) is 16.3. The van der Waals surface area contributed by atoms with Crippen molar-refractivity contribution in [1.29, 1.82) is 0 Å². The molecule has 1 aliphatic heterocycles. The SMILES string of the molecule is Cc1cccc(C)c1NC(=O)COc1ccc(Cl)cc1S(=O)(=O)N1CCOCC1. The van der Waals surface area contributed by atoms with E-state index in [1.165, 1.54) is 22.5 Å². The van der Waals surface area contributed by atoms with Gasteiger partial charge in [-0.05, 0) is 43.2 Å². The summed E-state index contributed by atoms with van der Waals surface area (Å²) in [6.07, 6.45) is 0. The molecule has 9 heteroatoms. The number of sulfonamides is 1. The molecule has 0 aliphatic carbocycles. The van der Waals surface area contributed by atoms with Gasteiger partial charge in [-0.25, -0.2) is 8.42 Å². The first-order valence-corrected chi connectivity index (χ1v) is 11.0. The summed E-state index contributed by atoms with van der Waals surface area (Å²) in [5.74, 6) is -0.301. The van der Waals surface area contributed by atoms with Gasteiger partial charge in [0.2, 0.25) is 10.0 Å². The van der Waals surface area contributed by atoms with Crippen LogP contribution in [0, 0.1) is 13.8 Å². The van der Waals surface area contributed by atoms with Crippen LogP contribution in [0.3, 0.4) is 0 Å². The number of para-hydroxylation sites is 1. The van der Waals surface area contributed by atoms with E-state index in [9.17, 15) is 13.2 Å². The van der Waals surface area contributed by atoms with Crippen molar-refractivity contribution in [3.8, 4) is 5.75 Å². The van der Waals surface area contributed by atoms with Crippen molar-refractivity contribution >= 4 is 33.2 Å². The van der Waals surface area contributed by atoms with Crippen LogP contribution in [0.25, 0.3) is 0 Å². The Bertz CT molecular complexity index is 984. The summed E-state index contributed by atoms with van der Waals surface area (Å²) in [6.45, 7) is 4.62. The van der Waals surface area contributed by atoms with Gasteiger partial charge in [-0.15, -0.1) is 0 Å². The van der Waals surface area contributed by atoms with Gasteiger partial charge < -0.3 is 14.8 Å². The molecule has 1 N–H and O–H groups in total. The second-order valence-electron chi connectivity index (χ2n) is 6.71. The van der Waals surface area contributed by atoms with Crippen LogP contribution in [0.4, 0.5) is 5.69 Å². The van der Waals surface area contributed by atoms with E-state index in [1.54, 1.807) is 0 Å². The van der Waals surface area contributed by atoms with Gasteiger partial charge >= 0.3 is 0 Å². The Morgan fingerprint density at radius 1 is 1.17 bits per heavy atom. The molecule has 156 valence electrons. The summed E-state index contributed by atoms with van der Waals surface area (Å²) in [5.41, 5.74) is 2.58. The van der Waals surface area contributed by atoms with Crippen molar-refractivity contribution < 1.29 is 22.7 Å². The third-order valence-electron chi connectivity index (χ3n) is 4.60. The monoisotopic (exact) mass is 438 g/mol. The fourth-order valence-corrected chi connectivity index (χ4v) is 4.86. The molecule has 1 fully saturated rings. The number of hydrogen-bond donors (Lipinski definition) is 1. The number of benzene rings is 2. The molecule has 7 nitrogen and oxygen atoms in total. The first kappa shape index (κ1) is 21.6. The van der Waals surface area contributed by atoms with Crippen molar-refractivity contribution in [2.75, 3.05) is 38.2 Å². The lowest BCUT2D eigenvalue weighted by Crippen LogP contribution is -2.40. The molecule has 1 aliphatic rings. The van der Waals surface area contributed by atoms with Crippen LogP contribution in [-0.4, -0.2) is 51.5 Å². The number of ether oxygens (including phenoxy) is 2. The van der Waals surface area contributed by atoms with E-state index >= 15 is 0 Å². The van der Waals surface area contributed by atoms with Gasteiger partial charge in [-0.3, -0.25) is 4.79 Å². The number of rotatable bonds is 6. The minimum atomic E-state index is -3.82. The molecule has 0 radical (unpaired) electrons. The predicted molar refractivity (Wildman–Crippen MR) is 111 cm³/mol. The average molecular weight is 439 g/mol. The maximum absolute atomic E-state index is 13.0. The van der Waals surface area contributed by atoms with Gasteiger partial charge in [-0.1, -0.05) is 29.8 Å². The lowest BCUT2D eigenvalue weighted by molar-refractivity contribution is -0.118. The van der Waals surface area contributed by atoms with Gasteiger partial charge in [0.05, 0.1) is 13.2 Å². The highest BCUT2D eigenvalue weighted by molar-refractivity contribution is 7.89. The Morgan fingerprint density at radius 3 is 2.48 bits per heavy atom. The van der Waals surface area contributed by atoms with Crippen molar-refractivity contribution in [1.82, 2.24) is 4.31 Å². The van der Waals surface area contributed by atoms with Crippen LogP contribution in [-0.2, 0) is 19.6 Å². The highest BCUT2D eigenvalue weighted by atomic mass is 35.5. The van der Waals surface area contributed by atoms with E-state index in [0.717, 1.165) is 16.8 Å². The third-order valence-corrected chi connectivity index (χ3v) is 6.75. The number of hydrogen-bond acceptors (Lipinski definition) is 5. The Balaban J connectivity index is 1.77. The Hall–Kier alpha value is -2.13. The van der Waals surface area contributed by atoms with Crippen molar-refractivity contribution in [3.63, 3.8) is 0 Å². The number of halogens is 1. The van der Waals surface area contributed by atoms with Crippen molar-refractivity contribution in [2.24, 2.45) is 0 Å². The first-order chi connectivity index (χ1) is 13.8. The lowest BCUT2D eigenvalue weighted by Gasteiger charge is -2.26. The normalized spacial score (nSPS) is 15.1. The molecule has 1 amide bonds. The Morgan fingerprint density at radius 2 is 1.83 bits per heavy atom. The molecule has 0 spiro atoms. The van der Waals surface area contributed by atoms with Crippen LogP contribution in [0.5, 0.6) is 5.75 Å². The quantitative estimate of drug-likeness (QED) is 0.749. The minimum Gasteiger partial charge on any atom is -0.482 e. The van der Waals surface area contributed by atoms with Crippen molar-refractivity contribution in [2.45, 2.75) is 18.7 Å². The molecule has 0 bridgehead atoms. The zero-order chi connectivity index (χ0) is 21.0. The van der Waals surface area contributed by atoms with Gasteiger partial charge in [0, 0.05) is 23.8 Å². The largest absolute Gasteiger partial charge is 0.482 e. The lowest BCUT2D eigenvalue weighted by atomic mass is 10.1. The van der Waals surface area contributed by atoms with Gasteiger partial charge in [-0.2, -0.15) is 4.31 Å². The molecule has 0 aromatic heterocycles. The summed E-state index contributed by atoms with van der Waals surface area (Å²) in [5, 5.41) is 3.08. The smallest absolute Gasteiger partial charge is 0.262 e. The molecular formula is C20H23ClN2O5S.